The highest BCUT2D eigenvalue weighted by Crippen LogP contribution is 2.35. The molecule has 1 aliphatic rings. The molecule has 0 aromatic heterocycles. The lowest BCUT2D eigenvalue weighted by Crippen LogP contribution is -2.47. The molecule has 2 rings (SSSR count). The van der Waals surface area contributed by atoms with Crippen LogP contribution >= 0.6 is 0 Å². The second-order valence-corrected chi connectivity index (χ2v) is 6.99. The summed E-state index contributed by atoms with van der Waals surface area (Å²) in [6.45, 7) is 3.74. The number of benzene rings is 1. The van der Waals surface area contributed by atoms with Crippen LogP contribution in [0.25, 0.3) is 0 Å². The van der Waals surface area contributed by atoms with Crippen molar-refractivity contribution >= 4 is 11.8 Å². The van der Waals surface area contributed by atoms with Crippen LogP contribution in [0, 0.1) is 11.8 Å². The summed E-state index contributed by atoms with van der Waals surface area (Å²) >= 11 is 0. The lowest BCUT2D eigenvalue weighted by molar-refractivity contribution is -0.127. The van der Waals surface area contributed by atoms with Gasteiger partial charge in [0, 0.05) is 0 Å². The second kappa shape index (κ2) is 8.83. The van der Waals surface area contributed by atoms with Crippen LogP contribution in [-0.2, 0) is 9.59 Å². The molecule has 0 spiro atoms. The number of hydrogen-bond acceptors (Lipinski definition) is 3. The third-order valence-electron chi connectivity index (χ3n) is 4.79. The molecule has 5 nitrogen and oxygen atoms in total. The van der Waals surface area contributed by atoms with Gasteiger partial charge >= 0.3 is 0 Å². The van der Waals surface area contributed by atoms with Crippen molar-refractivity contribution in [1.29, 1.82) is 0 Å². The van der Waals surface area contributed by atoms with Crippen molar-refractivity contribution in [2.75, 3.05) is 6.54 Å². The average Bonchev–Trinajstić information content (AvgIpc) is 3.11. The monoisotopic (exact) mass is 331 g/mol. The fourth-order valence-corrected chi connectivity index (χ4v) is 3.24. The minimum absolute atomic E-state index is 0.0110. The fraction of sp³-hybridized carbons (Fsp3) is 0.579. The van der Waals surface area contributed by atoms with Gasteiger partial charge in [0.1, 0.15) is 0 Å². The van der Waals surface area contributed by atoms with Crippen molar-refractivity contribution in [3.63, 3.8) is 0 Å². The topological polar surface area (TPSA) is 84.2 Å². The van der Waals surface area contributed by atoms with E-state index in [1.807, 2.05) is 32.0 Å². The molecule has 4 N–H and O–H groups in total. The Kier molecular flexibility index (Phi) is 6.79. The molecular weight excluding hydrogens is 302 g/mol. The lowest BCUT2D eigenvalue weighted by Gasteiger charge is -2.25. The van der Waals surface area contributed by atoms with Gasteiger partial charge in [-0.1, -0.05) is 57.0 Å². The third-order valence-corrected chi connectivity index (χ3v) is 4.79. The van der Waals surface area contributed by atoms with E-state index in [4.69, 9.17) is 5.73 Å². The maximum absolute atomic E-state index is 12.3. The summed E-state index contributed by atoms with van der Waals surface area (Å²) < 4.78 is 0. The quantitative estimate of drug-likeness (QED) is 0.715. The van der Waals surface area contributed by atoms with E-state index < -0.39 is 6.04 Å². The van der Waals surface area contributed by atoms with Crippen molar-refractivity contribution in [3.05, 3.63) is 35.9 Å². The van der Waals surface area contributed by atoms with Crippen LogP contribution in [-0.4, -0.2) is 24.4 Å². The Morgan fingerprint density at radius 2 is 1.79 bits per heavy atom. The second-order valence-electron chi connectivity index (χ2n) is 6.99. The normalized spacial score (nSPS) is 17.5. The minimum atomic E-state index is -0.586. The number of carbonyl (C=O) groups is 2. The molecule has 1 saturated carbocycles. The van der Waals surface area contributed by atoms with Gasteiger partial charge in [0.25, 0.3) is 0 Å². The summed E-state index contributed by atoms with van der Waals surface area (Å²) in [4.78, 5) is 24.2. The standard InChI is InChI=1S/C19H29N3O2/c1-13(2)17(20)19(24)21-12-16(23)22-18(15-10-6-7-11-15)14-8-4-3-5-9-14/h3-5,8-9,13,15,17-18H,6-7,10-12,20H2,1-2H3,(H,21,24)(H,22,23)/t17-,18?/m0/s1. The van der Waals surface area contributed by atoms with Crippen LogP contribution in [0.4, 0.5) is 0 Å². The van der Waals surface area contributed by atoms with Gasteiger partial charge in [0.05, 0.1) is 18.6 Å². The van der Waals surface area contributed by atoms with Gasteiger partial charge in [-0.05, 0) is 30.2 Å². The number of amides is 2. The first-order valence-corrected chi connectivity index (χ1v) is 8.86. The number of hydrogen-bond donors (Lipinski definition) is 3. The Morgan fingerprint density at radius 3 is 2.38 bits per heavy atom. The molecule has 1 unspecified atom stereocenters. The summed E-state index contributed by atoms with van der Waals surface area (Å²) in [5.41, 5.74) is 6.92. The van der Waals surface area contributed by atoms with Gasteiger partial charge in [-0.25, -0.2) is 0 Å². The number of nitrogens with one attached hydrogen (secondary N) is 2. The molecule has 0 bridgehead atoms. The molecule has 0 saturated heterocycles. The predicted molar refractivity (Wildman–Crippen MR) is 95.1 cm³/mol. The van der Waals surface area contributed by atoms with Crippen molar-refractivity contribution in [1.82, 2.24) is 10.6 Å². The van der Waals surface area contributed by atoms with Crippen molar-refractivity contribution in [2.24, 2.45) is 17.6 Å². The van der Waals surface area contributed by atoms with E-state index in [0.717, 1.165) is 18.4 Å². The molecule has 2 atom stereocenters. The number of carbonyl (C=O) groups excluding carboxylic acids is 2. The van der Waals surface area contributed by atoms with Gasteiger partial charge in [-0.15, -0.1) is 0 Å². The van der Waals surface area contributed by atoms with Gasteiger partial charge in [0.15, 0.2) is 0 Å². The van der Waals surface area contributed by atoms with E-state index in [2.05, 4.69) is 22.8 Å². The molecule has 132 valence electrons. The van der Waals surface area contributed by atoms with E-state index in [9.17, 15) is 9.59 Å². The fourth-order valence-electron chi connectivity index (χ4n) is 3.24. The summed E-state index contributed by atoms with van der Waals surface area (Å²) in [6, 6.07) is 9.49. The Hall–Kier alpha value is -1.88. The van der Waals surface area contributed by atoms with Gasteiger partial charge in [-0.3, -0.25) is 9.59 Å². The minimum Gasteiger partial charge on any atom is -0.347 e. The van der Waals surface area contributed by atoms with Gasteiger partial charge in [0.2, 0.25) is 11.8 Å². The summed E-state index contributed by atoms with van der Waals surface area (Å²) in [5, 5.41) is 5.74. The lowest BCUT2D eigenvalue weighted by atomic mass is 9.91. The van der Waals surface area contributed by atoms with E-state index in [1.165, 1.54) is 12.8 Å². The zero-order chi connectivity index (χ0) is 17.5. The summed E-state index contributed by atoms with van der Waals surface area (Å²) in [5.74, 6) is 0.0610. The first-order chi connectivity index (χ1) is 11.5. The van der Waals surface area contributed by atoms with E-state index in [1.54, 1.807) is 0 Å². The molecule has 0 aliphatic heterocycles. The first kappa shape index (κ1) is 18.5. The summed E-state index contributed by atoms with van der Waals surface area (Å²) in [6.07, 6.45) is 4.68. The highest BCUT2D eigenvalue weighted by Gasteiger charge is 2.27. The van der Waals surface area contributed by atoms with Crippen LogP contribution in [0.2, 0.25) is 0 Å². The molecule has 1 aromatic rings. The largest absolute Gasteiger partial charge is 0.347 e. The SMILES string of the molecule is CC(C)[C@H](N)C(=O)NCC(=O)NC(c1ccccc1)C1CCCC1. The van der Waals surface area contributed by atoms with Crippen LogP contribution in [0.1, 0.15) is 51.1 Å². The van der Waals surface area contributed by atoms with Crippen LogP contribution < -0.4 is 16.4 Å². The van der Waals surface area contributed by atoms with E-state index in [0.29, 0.717) is 5.92 Å². The summed E-state index contributed by atoms with van der Waals surface area (Å²) in [7, 11) is 0. The Morgan fingerprint density at radius 1 is 1.17 bits per heavy atom. The first-order valence-electron chi connectivity index (χ1n) is 8.86. The molecule has 1 aromatic carbocycles. The zero-order valence-corrected chi connectivity index (χ0v) is 14.6. The highest BCUT2D eigenvalue weighted by atomic mass is 16.2. The third kappa shape index (κ3) is 5.06. The highest BCUT2D eigenvalue weighted by molar-refractivity contribution is 5.87. The Balaban J connectivity index is 1.94. The average molecular weight is 331 g/mol. The van der Waals surface area contributed by atoms with Crippen LogP contribution in [0.5, 0.6) is 0 Å². The van der Waals surface area contributed by atoms with E-state index in [-0.39, 0.29) is 30.3 Å². The molecular formula is C19H29N3O2. The van der Waals surface area contributed by atoms with Gasteiger partial charge in [-0.2, -0.15) is 0 Å². The maximum atomic E-state index is 12.3. The van der Waals surface area contributed by atoms with Crippen molar-refractivity contribution in [2.45, 2.75) is 51.6 Å². The van der Waals surface area contributed by atoms with Crippen LogP contribution in [0.15, 0.2) is 30.3 Å². The molecule has 0 heterocycles. The van der Waals surface area contributed by atoms with Crippen molar-refractivity contribution in [3.8, 4) is 0 Å². The molecule has 1 aliphatic carbocycles. The predicted octanol–water partition coefficient (Wildman–Crippen LogP) is 2.13. The van der Waals surface area contributed by atoms with Gasteiger partial charge < -0.3 is 16.4 Å². The molecule has 0 radical (unpaired) electrons. The van der Waals surface area contributed by atoms with Crippen molar-refractivity contribution < 1.29 is 9.59 Å². The smallest absolute Gasteiger partial charge is 0.239 e. The zero-order valence-electron chi connectivity index (χ0n) is 14.6. The maximum Gasteiger partial charge on any atom is 0.239 e. The molecule has 24 heavy (non-hydrogen) atoms. The Labute approximate surface area is 144 Å². The molecule has 2 amide bonds. The Bertz CT molecular complexity index is 539. The molecule has 5 heteroatoms. The number of rotatable bonds is 7. The van der Waals surface area contributed by atoms with E-state index >= 15 is 0 Å². The van der Waals surface area contributed by atoms with Crippen LogP contribution in [0.3, 0.4) is 0 Å². The number of nitrogens with two attached hydrogens (primary N) is 1. The molecule has 1 fully saturated rings.